The Kier molecular flexibility index (Phi) is 5.75. The fourth-order valence-corrected chi connectivity index (χ4v) is 1.97. The molecule has 1 aromatic rings. The number of hydrogen-bond donors (Lipinski definition) is 2. The molecule has 4 heteroatoms. The van der Waals surface area contributed by atoms with E-state index in [2.05, 4.69) is 5.32 Å². The molecule has 0 aliphatic rings. The van der Waals surface area contributed by atoms with Gasteiger partial charge in [0.25, 0.3) is 0 Å². The van der Waals surface area contributed by atoms with E-state index < -0.39 is 0 Å². The van der Waals surface area contributed by atoms with Gasteiger partial charge >= 0.3 is 0 Å². The Balaban J connectivity index is 2.85. The first-order valence-corrected chi connectivity index (χ1v) is 6.23. The van der Waals surface area contributed by atoms with Gasteiger partial charge in [-0.05, 0) is 50.6 Å². The van der Waals surface area contributed by atoms with Gasteiger partial charge in [-0.3, -0.25) is 0 Å². The van der Waals surface area contributed by atoms with Gasteiger partial charge in [-0.15, -0.1) is 0 Å². The fourth-order valence-electron chi connectivity index (χ4n) is 1.80. The molecule has 0 spiro atoms. The highest BCUT2D eigenvalue weighted by Crippen LogP contribution is 2.31. The third kappa shape index (κ3) is 3.60. The molecule has 0 aromatic heterocycles. The average Bonchev–Trinajstić information content (AvgIpc) is 2.33. The topological polar surface area (TPSA) is 47.3 Å². The maximum Gasteiger partial charge on any atom is 0.123 e. The molecule has 3 nitrogen and oxygen atoms in total. The van der Waals surface area contributed by atoms with Crippen molar-refractivity contribution in [1.82, 2.24) is 5.32 Å². The largest absolute Gasteiger partial charge is 0.496 e. The Morgan fingerprint density at radius 2 is 2.12 bits per heavy atom. The van der Waals surface area contributed by atoms with E-state index in [4.69, 9.17) is 22.1 Å². The van der Waals surface area contributed by atoms with E-state index in [9.17, 15) is 0 Å². The predicted molar refractivity (Wildman–Crippen MR) is 72.9 cm³/mol. The number of ether oxygens (including phenoxy) is 1. The van der Waals surface area contributed by atoms with Gasteiger partial charge in [0.15, 0.2) is 0 Å². The van der Waals surface area contributed by atoms with Crippen LogP contribution in [0, 0.1) is 13.8 Å². The van der Waals surface area contributed by atoms with Crippen LogP contribution in [0.3, 0.4) is 0 Å². The van der Waals surface area contributed by atoms with Crippen molar-refractivity contribution in [3.05, 3.63) is 27.8 Å². The molecular weight excluding hydrogens is 236 g/mol. The molecule has 0 heterocycles. The zero-order valence-corrected chi connectivity index (χ0v) is 11.5. The van der Waals surface area contributed by atoms with Gasteiger partial charge in [0, 0.05) is 17.1 Å². The molecule has 0 bridgehead atoms. The highest BCUT2D eigenvalue weighted by molar-refractivity contribution is 6.32. The minimum Gasteiger partial charge on any atom is -0.496 e. The van der Waals surface area contributed by atoms with Crippen LogP contribution in [0.1, 0.15) is 23.1 Å². The second kappa shape index (κ2) is 6.84. The van der Waals surface area contributed by atoms with E-state index in [-0.39, 0.29) is 0 Å². The molecule has 1 aromatic carbocycles. The lowest BCUT2D eigenvalue weighted by Gasteiger charge is -2.15. The van der Waals surface area contributed by atoms with Crippen LogP contribution < -0.4 is 15.8 Å². The molecule has 17 heavy (non-hydrogen) atoms. The molecule has 0 atom stereocenters. The van der Waals surface area contributed by atoms with Crippen LogP contribution in [0.2, 0.25) is 5.02 Å². The molecule has 3 N–H and O–H groups in total. The van der Waals surface area contributed by atoms with Crippen molar-refractivity contribution in [2.24, 2.45) is 5.73 Å². The Morgan fingerprint density at radius 3 is 2.71 bits per heavy atom. The van der Waals surface area contributed by atoms with Gasteiger partial charge in [0.05, 0.1) is 7.11 Å². The van der Waals surface area contributed by atoms with Crippen molar-refractivity contribution >= 4 is 11.6 Å². The fraction of sp³-hybridized carbons (Fsp3) is 0.538. The van der Waals surface area contributed by atoms with Crippen LogP contribution in [-0.4, -0.2) is 20.2 Å². The summed E-state index contributed by atoms with van der Waals surface area (Å²) < 4.78 is 5.40. The molecule has 0 amide bonds. The molecule has 0 radical (unpaired) electrons. The third-order valence-electron chi connectivity index (χ3n) is 2.85. The number of nitrogens with two attached hydrogens (primary N) is 1. The summed E-state index contributed by atoms with van der Waals surface area (Å²) in [5.74, 6) is 0.893. The lowest BCUT2D eigenvalue weighted by atomic mass is 10.0. The zero-order chi connectivity index (χ0) is 12.8. The summed E-state index contributed by atoms with van der Waals surface area (Å²) in [6, 6.07) is 1.98. The molecule has 96 valence electrons. The maximum absolute atomic E-state index is 6.25. The average molecular weight is 257 g/mol. The number of nitrogens with one attached hydrogen (secondary N) is 1. The first-order valence-electron chi connectivity index (χ1n) is 5.85. The normalized spacial score (nSPS) is 10.6. The summed E-state index contributed by atoms with van der Waals surface area (Å²) in [5, 5.41) is 4.17. The first kappa shape index (κ1) is 14.3. The minimum atomic E-state index is 0.706. The van der Waals surface area contributed by atoms with Crippen molar-refractivity contribution in [3.8, 4) is 5.75 Å². The van der Waals surface area contributed by atoms with Crippen LogP contribution in [-0.2, 0) is 6.54 Å². The second-order valence-corrected chi connectivity index (χ2v) is 4.51. The lowest BCUT2D eigenvalue weighted by molar-refractivity contribution is 0.407. The van der Waals surface area contributed by atoms with Crippen LogP contribution in [0.25, 0.3) is 0 Å². The minimum absolute atomic E-state index is 0.706. The van der Waals surface area contributed by atoms with Crippen molar-refractivity contribution in [3.63, 3.8) is 0 Å². The van der Waals surface area contributed by atoms with Crippen molar-refractivity contribution < 1.29 is 4.74 Å². The highest BCUT2D eigenvalue weighted by atomic mass is 35.5. The Labute approximate surface area is 108 Å². The molecule has 0 saturated carbocycles. The van der Waals surface area contributed by atoms with Crippen molar-refractivity contribution in [2.75, 3.05) is 20.2 Å². The Bertz CT molecular complexity index is 380. The summed E-state index contributed by atoms with van der Waals surface area (Å²) in [4.78, 5) is 0. The number of benzene rings is 1. The van der Waals surface area contributed by atoms with Gasteiger partial charge in [-0.1, -0.05) is 11.6 Å². The quantitative estimate of drug-likeness (QED) is 0.769. The van der Waals surface area contributed by atoms with E-state index >= 15 is 0 Å². The van der Waals surface area contributed by atoms with Gasteiger partial charge in [0.2, 0.25) is 0 Å². The number of aryl methyl sites for hydroxylation is 1. The van der Waals surface area contributed by atoms with E-state index in [0.29, 0.717) is 6.54 Å². The number of rotatable bonds is 6. The number of methoxy groups -OCH3 is 1. The lowest BCUT2D eigenvalue weighted by Crippen LogP contribution is -2.19. The SMILES string of the molecule is COc1cc(C)c(Cl)c(C)c1CNCCCN. The Morgan fingerprint density at radius 1 is 1.41 bits per heavy atom. The predicted octanol–water partition coefficient (Wildman–Crippen LogP) is 2.40. The van der Waals surface area contributed by atoms with E-state index in [1.54, 1.807) is 7.11 Å². The molecule has 1 rings (SSSR count). The Hall–Kier alpha value is -0.770. The van der Waals surface area contributed by atoms with E-state index in [0.717, 1.165) is 47.0 Å². The number of hydrogen-bond acceptors (Lipinski definition) is 3. The zero-order valence-electron chi connectivity index (χ0n) is 10.8. The molecule has 0 aliphatic heterocycles. The third-order valence-corrected chi connectivity index (χ3v) is 3.43. The molecule has 0 fully saturated rings. The smallest absolute Gasteiger partial charge is 0.123 e. The van der Waals surface area contributed by atoms with Gasteiger partial charge < -0.3 is 15.8 Å². The molecule has 0 saturated heterocycles. The molecule has 0 unspecified atom stereocenters. The summed E-state index contributed by atoms with van der Waals surface area (Å²) in [6.07, 6.45) is 0.973. The summed E-state index contributed by atoms with van der Waals surface area (Å²) >= 11 is 6.25. The van der Waals surface area contributed by atoms with Gasteiger partial charge in [-0.25, -0.2) is 0 Å². The van der Waals surface area contributed by atoms with Gasteiger partial charge in [0.1, 0.15) is 5.75 Å². The second-order valence-electron chi connectivity index (χ2n) is 4.13. The summed E-state index contributed by atoms with van der Waals surface area (Å²) in [7, 11) is 1.69. The first-order chi connectivity index (χ1) is 8.11. The summed E-state index contributed by atoms with van der Waals surface area (Å²) in [6.45, 7) is 6.39. The monoisotopic (exact) mass is 256 g/mol. The number of halogens is 1. The molecule has 0 aliphatic carbocycles. The van der Waals surface area contributed by atoms with E-state index in [1.807, 2.05) is 19.9 Å². The van der Waals surface area contributed by atoms with E-state index in [1.165, 1.54) is 0 Å². The van der Waals surface area contributed by atoms with Gasteiger partial charge in [-0.2, -0.15) is 0 Å². The standard InChI is InChI=1S/C13H21ClN2O/c1-9-7-12(17-3)11(10(2)13(9)14)8-16-6-4-5-15/h7,16H,4-6,8,15H2,1-3H3. The van der Waals surface area contributed by atoms with Crippen LogP contribution >= 0.6 is 11.6 Å². The van der Waals surface area contributed by atoms with Crippen LogP contribution in [0.15, 0.2) is 6.07 Å². The molecular formula is C13H21ClN2O. The van der Waals surface area contributed by atoms with Crippen LogP contribution in [0.4, 0.5) is 0 Å². The maximum atomic E-state index is 6.25. The van der Waals surface area contributed by atoms with Crippen molar-refractivity contribution in [2.45, 2.75) is 26.8 Å². The highest BCUT2D eigenvalue weighted by Gasteiger charge is 2.11. The summed E-state index contributed by atoms with van der Waals surface area (Å²) in [5.41, 5.74) is 8.71. The van der Waals surface area contributed by atoms with Crippen LogP contribution in [0.5, 0.6) is 5.75 Å². The van der Waals surface area contributed by atoms with Crippen molar-refractivity contribution in [1.29, 1.82) is 0 Å².